The molecule has 0 aliphatic heterocycles. The number of nitrogens with zero attached hydrogens (tertiary/aromatic N) is 1. The summed E-state index contributed by atoms with van der Waals surface area (Å²) in [6, 6.07) is 7.82. The molecule has 0 radical (unpaired) electrons. The van der Waals surface area contributed by atoms with Crippen molar-refractivity contribution in [1.29, 1.82) is 5.26 Å². The van der Waals surface area contributed by atoms with Crippen molar-refractivity contribution in [3.8, 4) is 6.07 Å². The van der Waals surface area contributed by atoms with E-state index in [4.69, 9.17) is 5.26 Å². The maximum Gasteiger partial charge on any atom is 0.241 e. The van der Waals surface area contributed by atoms with Crippen LogP contribution in [0.15, 0.2) is 33.6 Å². The first-order valence-corrected chi connectivity index (χ1v) is 7.48. The molecule has 17 heavy (non-hydrogen) atoms. The molecule has 2 rings (SSSR count). The van der Waals surface area contributed by atoms with Gasteiger partial charge in [0.2, 0.25) is 10.0 Å². The summed E-state index contributed by atoms with van der Waals surface area (Å²) in [7, 11) is -3.60. The third-order valence-electron chi connectivity index (χ3n) is 2.62. The zero-order valence-corrected chi connectivity index (χ0v) is 11.3. The van der Waals surface area contributed by atoms with E-state index in [1.165, 1.54) is 12.1 Å². The molecule has 1 aliphatic rings. The Labute approximate surface area is 109 Å². The highest BCUT2D eigenvalue weighted by atomic mass is 79.9. The minimum atomic E-state index is -3.60. The normalized spacial score (nSPS) is 17.4. The second-order valence-electron chi connectivity index (χ2n) is 4.02. The number of nitrogens with one attached hydrogen (secondary N) is 1. The number of halogens is 1. The van der Waals surface area contributed by atoms with Gasteiger partial charge in [-0.05, 0) is 37.0 Å². The van der Waals surface area contributed by atoms with Gasteiger partial charge in [0.1, 0.15) is 6.04 Å². The first-order valence-electron chi connectivity index (χ1n) is 5.20. The van der Waals surface area contributed by atoms with Gasteiger partial charge < -0.3 is 0 Å². The maximum absolute atomic E-state index is 12.0. The molecule has 6 heteroatoms. The molecule has 0 bridgehead atoms. The van der Waals surface area contributed by atoms with Crippen molar-refractivity contribution in [3.63, 3.8) is 0 Å². The van der Waals surface area contributed by atoms with Crippen LogP contribution in [0, 0.1) is 17.2 Å². The Hall–Kier alpha value is -0.900. The molecule has 1 aromatic rings. The molecule has 0 saturated heterocycles. The van der Waals surface area contributed by atoms with Gasteiger partial charge in [-0.2, -0.15) is 9.98 Å². The lowest BCUT2D eigenvalue weighted by atomic mass is 10.2. The minimum absolute atomic E-state index is 0.168. The Morgan fingerprint density at radius 2 is 2.18 bits per heavy atom. The van der Waals surface area contributed by atoms with Crippen LogP contribution in [-0.2, 0) is 10.0 Å². The summed E-state index contributed by atoms with van der Waals surface area (Å²) < 4.78 is 27.1. The Morgan fingerprint density at radius 3 is 2.71 bits per heavy atom. The lowest BCUT2D eigenvalue weighted by molar-refractivity contribution is 0.560. The van der Waals surface area contributed by atoms with Gasteiger partial charge >= 0.3 is 0 Å². The molecular weight excluding hydrogens is 304 g/mol. The first kappa shape index (κ1) is 12.6. The zero-order valence-electron chi connectivity index (χ0n) is 8.93. The van der Waals surface area contributed by atoms with Gasteiger partial charge in [-0.1, -0.05) is 22.0 Å². The van der Waals surface area contributed by atoms with E-state index in [2.05, 4.69) is 20.7 Å². The van der Waals surface area contributed by atoms with Crippen molar-refractivity contribution in [2.45, 2.75) is 23.8 Å². The van der Waals surface area contributed by atoms with Gasteiger partial charge in [0, 0.05) is 4.47 Å². The van der Waals surface area contributed by atoms with E-state index in [1.807, 2.05) is 6.07 Å². The SMILES string of the molecule is N#CC(NS(=O)(=O)c1cccc(Br)c1)C1CC1. The fourth-order valence-electron chi connectivity index (χ4n) is 1.53. The van der Waals surface area contributed by atoms with Gasteiger partial charge in [0.15, 0.2) is 0 Å². The van der Waals surface area contributed by atoms with E-state index in [1.54, 1.807) is 12.1 Å². The number of hydrogen-bond acceptors (Lipinski definition) is 3. The number of benzene rings is 1. The van der Waals surface area contributed by atoms with E-state index in [0.29, 0.717) is 4.47 Å². The lowest BCUT2D eigenvalue weighted by Gasteiger charge is -2.11. The summed E-state index contributed by atoms with van der Waals surface area (Å²) in [5.74, 6) is 0.168. The number of nitriles is 1. The third kappa shape index (κ3) is 3.06. The lowest BCUT2D eigenvalue weighted by Crippen LogP contribution is -2.35. The van der Waals surface area contributed by atoms with Crippen LogP contribution in [0.4, 0.5) is 0 Å². The molecule has 1 fully saturated rings. The molecule has 1 unspecified atom stereocenters. The van der Waals surface area contributed by atoms with E-state index < -0.39 is 16.1 Å². The molecule has 1 saturated carbocycles. The minimum Gasteiger partial charge on any atom is -0.207 e. The monoisotopic (exact) mass is 314 g/mol. The molecule has 0 amide bonds. The highest BCUT2D eigenvalue weighted by molar-refractivity contribution is 9.10. The van der Waals surface area contributed by atoms with Crippen LogP contribution < -0.4 is 4.72 Å². The largest absolute Gasteiger partial charge is 0.241 e. The smallest absolute Gasteiger partial charge is 0.207 e. The molecule has 1 N–H and O–H groups in total. The van der Waals surface area contributed by atoms with Crippen LogP contribution in [0.3, 0.4) is 0 Å². The van der Waals surface area contributed by atoms with Gasteiger partial charge in [-0.3, -0.25) is 0 Å². The fraction of sp³-hybridized carbons (Fsp3) is 0.364. The van der Waals surface area contributed by atoms with Crippen molar-refractivity contribution >= 4 is 26.0 Å². The topological polar surface area (TPSA) is 70.0 Å². The molecule has 0 aromatic heterocycles. The molecular formula is C11H11BrN2O2S. The van der Waals surface area contributed by atoms with E-state index in [9.17, 15) is 8.42 Å². The van der Waals surface area contributed by atoms with Gasteiger partial charge in [-0.15, -0.1) is 0 Å². The average molecular weight is 315 g/mol. The zero-order chi connectivity index (χ0) is 12.5. The Bertz CT molecular complexity index is 561. The van der Waals surface area contributed by atoms with Crippen LogP contribution >= 0.6 is 15.9 Å². The summed E-state index contributed by atoms with van der Waals surface area (Å²) in [4.78, 5) is 0.174. The summed E-state index contributed by atoms with van der Waals surface area (Å²) >= 11 is 3.22. The standard InChI is InChI=1S/C11H11BrN2O2S/c12-9-2-1-3-10(6-9)17(15,16)14-11(7-13)8-4-5-8/h1-3,6,8,11,14H,4-5H2. The van der Waals surface area contributed by atoms with Crippen LogP contribution in [-0.4, -0.2) is 14.5 Å². The molecule has 4 nitrogen and oxygen atoms in total. The van der Waals surface area contributed by atoms with Crippen LogP contribution in [0.25, 0.3) is 0 Å². The molecule has 0 spiro atoms. The fourth-order valence-corrected chi connectivity index (χ4v) is 3.33. The van der Waals surface area contributed by atoms with E-state index >= 15 is 0 Å². The first-order chi connectivity index (χ1) is 8.03. The summed E-state index contributed by atoms with van der Waals surface area (Å²) in [6.45, 7) is 0. The number of rotatable bonds is 4. The number of hydrogen-bond donors (Lipinski definition) is 1. The predicted octanol–water partition coefficient (Wildman–Crippen LogP) is 2.03. The summed E-state index contributed by atoms with van der Waals surface area (Å²) in [6.07, 6.45) is 1.83. The van der Waals surface area contributed by atoms with E-state index in [-0.39, 0.29) is 10.8 Å². The van der Waals surface area contributed by atoms with Crippen molar-refractivity contribution in [2.24, 2.45) is 5.92 Å². The van der Waals surface area contributed by atoms with Gasteiger partial charge in [0.25, 0.3) is 0 Å². The Morgan fingerprint density at radius 1 is 1.47 bits per heavy atom. The Balaban J connectivity index is 2.21. The quantitative estimate of drug-likeness (QED) is 0.924. The Kier molecular flexibility index (Phi) is 3.52. The van der Waals surface area contributed by atoms with Gasteiger partial charge in [-0.25, -0.2) is 8.42 Å². The van der Waals surface area contributed by atoms with E-state index in [0.717, 1.165) is 12.8 Å². The van der Waals surface area contributed by atoms with Crippen molar-refractivity contribution < 1.29 is 8.42 Å². The summed E-state index contributed by atoms with van der Waals surface area (Å²) in [5.41, 5.74) is 0. The van der Waals surface area contributed by atoms with Crippen LogP contribution in [0.5, 0.6) is 0 Å². The predicted molar refractivity (Wildman–Crippen MR) is 66.6 cm³/mol. The second kappa shape index (κ2) is 4.77. The average Bonchev–Trinajstić information content (AvgIpc) is 3.10. The number of sulfonamides is 1. The van der Waals surface area contributed by atoms with Crippen molar-refractivity contribution in [3.05, 3.63) is 28.7 Å². The second-order valence-corrected chi connectivity index (χ2v) is 6.65. The molecule has 1 atom stereocenters. The molecule has 0 heterocycles. The highest BCUT2D eigenvalue weighted by Crippen LogP contribution is 2.33. The van der Waals surface area contributed by atoms with Crippen molar-refractivity contribution in [2.75, 3.05) is 0 Å². The molecule has 1 aliphatic carbocycles. The van der Waals surface area contributed by atoms with Crippen LogP contribution in [0.2, 0.25) is 0 Å². The third-order valence-corrected chi connectivity index (χ3v) is 4.55. The maximum atomic E-state index is 12.0. The summed E-state index contributed by atoms with van der Waals surface area (Å²) in [5, 5.41) is 8.92. The van der Waals surface area contributed by atoms with Gasteiger partial charge in [0.05, 0.1) is 11.0 Å². The van der Waals surface area contributed by atoms with Crippen molar-refractivity contribution in [1.82, 2.24) is 4.72 Å². The molecule has 90 valence electrons. The highest BCUT2D eigenvalue weighted by Gasteiger charge is 2.34. The van der Waals surface area contributed by atoms with Crippen LogP contribution in [0.1, 0.15) is 12.8 Å². The molecule has 1 aromatic carbocycles.